The molecule has 0 unspecified atom stereocenters. The number of rotatable bonds is 9. The van der Waals surface area contributed by atoms with Crippen LogP contribution in [0.5, 0.6) is 0 Å². The molecule has 0 saturated heterocycles. The van der Waals surface area contributed by atoms with Crippen LogP contribution >= 0.6 is 0 Å². The summed E-state index contributed by atoms with van der Waals surface area (Å²) in [5.41, 5.74) is -0.704. The van der Waals surface area contributed by atoms with Crippen molar-refractivity contribution < 1.29 is 22.0 Å². The number of aromatic amines is 1. The van der Waals surface area contributed by atoms with Gasteiger partial charge in [-0.15, -0.1) is 0 Å². The Bertz CT molecular complexity index is 1280. The van der Waals surface area contributed by atoms with Crippen molar-refractivity contribution in [1.29, 1.82) is 5.26 Å². The van der Waals surface area contributed by atoms with E-state index >= 15 is 0 Å². The lowest BCUT2D eigenvalue weighted by Crippen LogP contribution is -2.37. The van der Waals surface area contributed by atoms with Crippen LogP contribution in [-0.4, -0.2) is 70.0 Å². The lowest BCUT2D eigenvalue weighted by molar-refractivity contribution is -0.137. The second-order valence-electron chi connectivity index (χ2n) is 9.51. The molecule has 0 aliphatic heterocycles. The number of aromatic nitrogens is 4. The molecule has 0 bridgehead atoms. The van der Waals surface area contributed by atoms with E-state index in [1.165, 1.54) is 23.2 Å². The first-order chi connectivity index (χ1) is 17.4. The highest BCUT2D eigenvalue weighted by Gasteiger charge is 2.36. The molecule has 3 heterocycles. The van der Waals surface area contributed by atoms with Crippen LogP contribution in [0.25, 0.3) is 22.3 Å². The fourth-order valence-electron chi connectivity index (χ4n) is 4.61. The smallest absolute Gasteiger partial charge is 0.351 e. The number of pyridine rings is 1. The molecular weight excluding hydrogens is 495 g/mol. The lowest BCUT2D eigenvalue weighted by Gasteiger charge is -2.22. The van der Waals surface area contributed by atoms with Crippen molar-refractivity contribution in [1.82, 2.24) is 30.2 Å². The highest BCUT2D eigenvalue weighted by molar-refractivity contribution is 5.93. The van der Waals surface area contributed by atoms with E-state index < -0.39 is 17.7 Å². The first kappa shape index (κ1) is 26.7. The van der Waals surface area contributed by atoms with Gasteiger partial charge >= 0.3 is 6.18 Å². The van der Waals surface area contributed by atoms with E-state index in [4.69, 9.17) is 5.26 Å². The molecule has 37 heavy (non-hydrogen) atoms. The van der Waals surface area contributed by atoms with Crippen LogP contribution in [-0.2, 0) is 6.18 Å². The number of anilines is 1. The summed E-state index contributed by atoms with van der Waals surface area (Å²) in [6.07, 6.45) is -0.805. The zero-order valence-electron chi connectivity index (χ0n) is 20.3. The summed E-state index contributed by atoms with van der Waals surface area (Å²) in [7, 11) is 3.20. The van der Waals surface area contributed by atoms with Gasteiger partial charge in [0.2, 0.25) is 5.95 Å². The summed E-state index contributed by atoms with van der Waals surface area (Å²) >= 11 is 0. The number of hydrogen-bond donors (Lipinski definition) is 3. The van der Waals surface area contributed by atoms with Crippen molar-refractivity contribution in [2.24, 2.45) is 0 Å². The van der Waals surface area contributed by atoms with Crippen molar-refractivity contribution >= 4 is 17.0 Å². The fourth-order valence-corrected chi connectivity index (χ4v) is 4.61. The Hall–Kier alpha value is -3.37. The summed E-state index contributed by atoms with van der Waals surface area (Å²) < 4.78 is 69.2. The molecule has 0 aromatic carbocycles. The van der Waals surface area contributed by atoms with E-state index in [0.717, 1.165) is 12.6 Å². The number of nitrogens with one attached hydrogen (secondary N) is 3. The molecule has 3 aromatic heterocycles. The Balaban J connectivity index is 1.47. The molecule has 8 nitrogen and oxygen atoms in total. The minimum absolute atomic E-state index is 0.00981. The SMILES string of the molecule is CN(C)CC(F)(F)CCN[C@H]1CC[C@H](Nc2ncc(C(F)(F)F)c(-c3c[nH]c4nc(C#N)ccc34)n2)C1. The summed E-state index contributed by atoms with van der Waals surface area (Å²) in [4.78, 5) is 16.4. The van der Waals surface area contributed by atoms with Crippen molar-refractivity contribution in [3.05, 3.63) is 35.8 Å². The van der Waals surface area contributed by atoms with Crippen LogP contribution in [0.15, 0.2) is 24.5 Å². The molecule has 4 rings (SSSR count). The van der Waals surface area contributed by atoms with E-state index in [9.17, 15) is 22.0 Å². The zero-order chi connectivity index (χ0) is 26.8. The van der Waals surface area contributed by atoms with E-state index in [-0.39, 0.29) is 60.1 Å². The molecular formula is C24H27F5N8. The Morgan fingerprint density at radius 1 is 1.14 bits per heavy atom. The van der Waals surface area contributed by atoms with Crippen molar-refractivity contribution in [2.75, 3.05) is 32.5 Å². The van der Waals surface area contributed by atoms with Gasteiger partial charge in [-0.25, -0.2) is 23.7 Å². The maximum atomic E-state index is 13.9. The number of hydrogen-bond acceptors (Lipinski definition) is 7. The number of alkyl halides is 5. The number of nitriles is 1. The van der Waals surface area contributed by atoms with Gasteiger partial charge in [0.15, 0.2) is 0 Å². The lowest BCUT2D eigenvalue weighted by atomic mass is 10.1. The number of nitrogens with zero attached hydrogens (tertiary/aromatic N) is 5. The highest BCUT2D eigenvalue weighted by atomic mass is 19.4. The predicted octanol–water partition coefficient (Wildman–Crippen LogP) is 4.42. The molecule has 2 atom stereocenters. The van der Waals surface area contributed by atoms with Crippen LogP contribution in [0.3, 0.4) is 0 Å². The van der Waals surface area contributed by atoms with Crippen LogP contribution in [0.2, 0.25) is 0 Å². The summed E-state index contributed by atoms with van der Waals surface area (Å²) in [5.74, 6) is -2.74. The zero-order valence-corrected chi connectivity index (χ0v) is 20.3. The molecule has 13 heteroatoms. The molecule has 198 valence electrons. The maximum absolute atomic E-state index is 13.9. The van der Waals surface area contributed by atoms with Crippen molar-refractivity contribution in [3.8, 4) is 17.3 Å². The van der Waals surface area contributed by atoms with Gasteiger partial charge in [0, 0.05) is 48.4 Å². The van der Waals surface area contributed by atoms with Crippen LogP contribution in [0.1, 0.15) is 36.9 Å². The molecule has 0 spiro atoms. The summed E-state index contributed by atoms with van der Waals surface area (Å²) in [6, 6.07) is 4.74. The predicted molar refractivity (Wildman–Crippen MR) is 128 cm³/mol. The van der Waals surface area contributed by atoms with Crippen LogP contribution < -0.4 is 10.6 Å². The van der Waals surface area contributed by atoms with Crippen LogP contribution in [0.4, 0.5) is 27.9 Å². The van der Waals surface area contributed by atoms with Gasteiger partial charge in [-0.3, -0.25) is 0 Å². The molecule has 1 aliphatic rings. The van der Waals surface area contributed by atoms with E-state index in [1.54, 1.807) is 14.1 Å². The Kier molecular flexibility index (Phi) is 7.61. The van der Waals surface area contributed by atoms with Crippen LogP contribution in [0, 0.1) is 11.3 Å². The van der Waals surface area contributed by atoms with Gasteiger partial charge < -0.3 is 20.5 Å². The second kappa shape index (κ2) is 10.5. The second-order valence-corrected chi connectivity index (χ2v) is 9.51. The third kappa shape index (κ3) is 6.50. The third-order valence-corrected chi connectivity index (χ3v) is 6.24. The first-order valence-corrected chi connectivity index (χ1v) is 11.8. The normalized spacial score (nSPS) is 18.5. The third-order valence-electron chi connectivity index (χ3n) is 6.24. The van der Waals surface area contributed by atoms with Gasteiger partial charge in [-0.1, -0.05) is 0 Å². The highest BCUT2D eigenvalue weighted by Crippen LogP contribution is 2.38. The van der Waals surface area contributed by atoms with Gasteiger partial charge in [0.05, 0.1) is 12.2 Å². The van der Waals surface area contributed by atoms with E-state index in [1.807, 2.05) is 6.07 Å². The van der Waals surface area contributed by atoms with Gasteiger partial charge in [-0.2, -0.15) is 18.4 Å². The Labute approximate surface area is 210 Å². The van der Waals surface area contributed by atoms with Gasteiger partial charge in [0.1, 0.15) is 23.0 Å². The average molecular weight is 523 g/mol. The number of halogens is 5. The summed E-state index contributed by atoms with van der Waals surface area (Å²) in [6.45, 7) is -0.148. The quantitative estimate of drug-likeness (QED) is 0.357. The molecule has 0 amide bonds. The van der Waals surface area contributed by atoms with Crippen molar-refractivity contribution in [2.45, 2.75) is 49.9 Å². The van der Waals surface area contributed by atoms with Gasteiger partial charge in [-0.05, 0) is 45.5 Å². The number of H-pyrrole nitrogens is 1. The maximum Gasteiger partial charge on any atom is 0.419 e. The minimum atomic E-state index is -4.69. The van der Waals surface area contributed by atoms with E-state index in [0.29, 0.717) is 18.2 Å². The fraction of sp³-hybridized carbons (Fsp3) is 0.500. The molecule has 1 saturated carbocycles. The number of fused-ring (bicyclic) bond motifs is 1. The molecule has 1 fully saturated rings. The monoisotopic (exact) mass is 522 g/mol. The van der Waals surface area contributed by atoms with Crippen molar-refractivity contribution in [3.63, 3.8) is 0 Å². The molecule has 0 radical (unpaired) electrons. The molecule has 3 aromatic rings. The largest absolute Gasteiger partial charge is 0.419 e. The Morgan fingerprint density at radius 3 is 2.59 bits per heavy atom. The topological polar surface area (TPSA) is 106 Å². The Morgan fingerprint density at radius 2 is 1.89 bits per heavy atom. The summed E-state index contributed by atoms with van der Waals surface area (Å²) in [5, 5.41) is 15.7. The van der Waals surface area contributed by atoms with Gasteiger partial charge in [0.25, 0.3) is 5.92 Å². The standard InChI is InChI=1S/C24H27F5N8/c1-37(2)13-23(25,26)7-8-31-14-3-4-15(9-14)35-22-33-12-19(24(27,28)29)20(36-22)18-11-32-21-17(18)6-5-16(10-30)34-21/h5-6,11-12,14-15,31H,3-4,7-9,13H2,1-2H3,(H,32,34)(H,33,35,36)/t14-,15-/m0/s1. The molecule has 3 N–H and O–H groups in total. The average Bonchev–Trinajstić information content (AvgIpc) is 3.43. The first-order valence-electron chi connectivity index (χ1n) is 11.8. The molecule has 1 aliphatic carbocycles. The minimum Gasteiger partial charge on any atom is -0.351 e. The van der Waals surface area contributed by atoms with E-state index in [2.05, 4.69) is 30.6 Å².